The van der Waals surface area contributed by atoms with E-state index in [9.17, 15) is 14.0 Å². The largest absolute Gasteiger partial charge is 0.340 e. The van der Waals surface area contributed by atoms with Crippen molar-refractivity contribution in [2.45, 2.75) is 18.8 Å². The molecule has 3 N–H and O–H groups in total. The Morgan fingerprint density at radius 2 is 2.32 bits per heavy atom. The predicted molar refractivity (Wildman–Crippen MR) is 76.0 cm³/mol. The Balaban J connectivity index is 1.65. The second kappa shape index (κ2) is 5.96. The number of nitrogens with one attached hydrogen (secondary N) is 3. The summed E-state index contributed by atoms with van der Waals surface area (Å²) in [6, 6.07) is 2.33. The first-order valence-electron chi connectivity index (χ1n) is 6.94. The molecule has 116 valence electrons. The molecule has 22 heavy (non-hydrogen) atoms. The maximum absolute atomic E-state index is 12.8. The van der Waals surface area contributed by atoms with E-state index >= 15 is 0 Å². The van der Waals surface area contributed by atoms with Crippen LogP contribution in [0.25, 0.3) is 0 Å². The van der Waals surface area contributed by atoms with Gasteiger partial charge >= 0.3 is 11.7 Å². The third-order valence-corrected chi connectivity index (χ3v) is 3.58. The van der Waals surface area contributed by atoms with E-state index in [4.69, 9.17) is 0 Å². The van der Waals surface area contributed by atoms with E-state index in [-0.39, 0.29) is 17.6 Å². The third kappa shape index (κ3) is 3.13. The van der Waals surface area contributed by atoms with Crippen molar-refractivity contribution in [2.24, 2.45) is 0 Å². The van der Waals surface area contributed by atoms with Crippen molar-refractivity contribution in [1.29, 1.82) is 0 Å². The Kier molecular flexibility index (Phi) is 3.86. The predicted octanol–water partition coefficient (Wildman–Crippen LogP) is 1.04. The fourth-order valence-corrected chi connectivity index (χ4v) is 2.50. The molecular weight excluding hydrogens is 291 g/mol. The lowest BCUT2D eigenvalue weighted by Crippen LogP contribution is -2.42. The number of carbonyl (C=O) groups is 1. The Morgan fingerprint density at radius 3 is 3.00 bits per heavy atom. The Bertz CT molecular complexity index is 710. The summed E-state index contributed by atoms with van der Waals surface area (Å²) in [7, 11) is 0. The summed E-state index contributed by atoms with van der Waals surface area (Å²) in [6.07, 6.45) is 2.70. The molecule has 0 aliphatic carbocycles. The van der Waals surface area contributed by atoms with Gasteiger partial charge in [0.05, 0.1) is 6.20 Å². The average Bonchev–Trinajstić information content (AvgIpc) is 2.96. The first-order chi connectivity index (χ1) is 10.6. The van der Waals surface area contributed by atoms with Crippen molar-refractivity contribution in [3.8, 4) is 0 Å². The number of hydrogen-bond acceptors (Lipinski definition) is 4. The van der Waals surface area contributed by atoms with Gasteiger partial charge in [0.2, 0.25) is 0 Å². The number of urea groups is 1. The second-order valence-electron chi connectivity index (χ2n) is 5.14. The summed E-state index contributed by atoms with van der Waals surface area (Å²) in [5.41, 5.74) is -0.355. The van der Waals surface area contributed by atoms with E-state index < -0.39 is 5.82 Å². The molecular formula is C13H15FN6O2. The number of anilines is 1. The van der Waals surface area contributed by atoms with Crippen LogP contribution < -0.4 is 11.0 Å². The van der Waals surface area contributed by atoms with Crippen LogP contribution in [0.15, 0.2) is 23.1 Å². The maximum atomic E-state index is 12.8. The zero-order valence-electron chi connectivity index (χ0n) is 11.7. The van der Waals surface area contributed by atoms with Crippen LogP contribution in [-0.4, -0.2) is 44.2 Å². The number of piperidine rings is 1. The van der Waals surface area contributed by atoms with Gasteiger partial charge in [-0.1, -0.05) is 0 Å². The number of halogens is 1. The molecule has 3 heterocycles. The van der Waals surface area contributed by atoms with Crippen LogP contribution in [0.4, 0.5) is 15.0 Å². The molecule has 3 rings (SSSR count). The molecule has 1 aliphatic heterocycles. The van der Waals surface area contributed by atoms with E-state index in [1.807, 2.05) is 0 Å². The molecule has 1 fully saturated rings. The van der Waals surface area contributed by atoms with Crippen LogP contribution in [-0.2, 0) is 0 Å². The number of aromatic amines is 2. The Labute approximate surface area is 124 Å². The number of carbonyl (C=O) groups excluding carboxylic acids is 1. The van der Waals surface area contributed by atoms with Crippen molar-refractivity contribution >= 4 is 11.8 Å². The van der Waals surface area contributed by atoms with Crippen LogP contribution in [0.3, 0.4) is 0 Å². The van der Waals surface area contributed by atoms with Crippen molar-refractivity contribution in [3.05, 3.63) is 40.5 Å². The lowest BCUT2D eigenvalue weighted by molar-refractivity contribution is 0.191. The third-order valence-electron chi connectivity index (χ3n) is 3.58. The van der Waals surface area contributed by atoms with Crippen LogP contribution in [0.1, 0.15) is 24.6 Å². The highest BCUT2D eigenvalue weighted by Gasteiger charge is 2.26. The number of likely N-dealkylation sites (tertiary alicyclic amines) is 1. The molecule has 0 unspecified atom stereocenters. The maximum Gasteiger partial charge on any atom is 0.340 e. The number of pyridine rings is 1. The summed E-state index contributed by atoms with van der Waals surface area (Å²) in [6.45, 7) is 1.06. The van der Waals surface area contributed by atoms with Gasteiger partial charge < -0.3 is 4.90 Å². The summed E-state index contributed by atoms with van der Waals surface area (Å²) < 4.78 is 12.8. The summed E-state index contributed by atoms with van der Waals surface area (Å²) in [4.78, 5) is 31.4. The molecule has 1 aliphatic rings. The molecule has 2 aromatic rings. The van der Waals surface area contributed by atoms with Gasteiger partial charge in [0, 0.05) is 19.0 Å². The first kappa shape index (κ1) is 14.2. The van der Waals surface area contributed by atoms with E-state index in [1.165, 1.54) is 12.1 Å². The van der Waals surface area contributed by atoms with Crippen molar-refractivity contribution in [3.63, 3.8) is 0 Å². The molecule has 0 bridgehead atoms. The number of nitrogens with zero attached hydrogens (tertiary/aromatic N) is 3. The van der Waals surface area contributed by atoms with E-state index in [0.717, 1.165) is 19.0 Å². The minimum absolute atomic E-state index is 0.0142. The Hall–Kier alpha value is -2.71. The highest BCUT2D eigenvalue weighted by Crippen LogP contribution is 2.23. The normalized spacial score (nSPS) is 18.2. The highest BCUT2D eigenvalue weighted by atomic mass is 19.1. The number of aromatic nitrogens is 4. The molecule has 2 amide bonds. The molecule has 8 nitrogen and oxygen atoms in total. The van der Waals surface area contributed by atoms with Gasteiger partial charge in [0.1, 0.15) is 17.5 Å². The second-order valence-corrected chi connectivity index (χ2v) is 5.14. The van der Waals surface area contributed by atoms with Gasteiger partial charge in [0.15, 0.2) is 0 Å². The van der Waals surface area contributed by atoms with Crippen LogP contribution >= 0.6 is 0 Å². The lowest BCUT2D eigenvalue weighted by Gasteiger charge is -2.31. The molecule has 1 saturated heterocycles. The quantitative estimate of drug-likeness (QED) is 0.770. The molecule has 0 aromatic carbocycles. The van der Waals surface area contributed by atoms with Gasteiger partial charge in [-0.3, -0.25) is 10.3 Å². The number of hydrogen-bond donors (Lipinski definition) is 3. The smallest absolute Gasteiger partial charge is 0.324 e. The number of H-pyrrole nitrogens is 2. The minimum Gasteiger partial charge on any atom is -0.324 e. The molecule has 2 aromatic heterocycles. The molecule has 0 spiro atoms. The van der Waals surface area contributed by atoms with E-state index in [0.29, 0.717) is 24.7 Å². The zero-order chi connectivity index (χ0) is 15.5. The molecule has 9 heteroatoms. The van der Waals surface area contributed by atoms with Gasteiger partial charge in [0.25, 0.3) is 0 Å². The van der Waals surface area contributed by atoms with Crippen LogP contribution in [0.5, 0.6) is 0 Å². The molecule has 1 atom stereocenters. The topological polar surface area (TPSA) is 107 Å². The summed E-state index contributed by atoms with van der Waals surface area (Å²) >= 11 is 0. The van der Waals surface area contributed by atoms with Crippen LogP contribution in [0.2, 0.25) is 0 Å². The number of rotatable bonds is 2. The molecule has 0 saturated carbocycles. The van der Waals surface area contributed by atoms with Gasteiger partial charge in [-0.05, 0) is 25.0 Å². The summed E-state index contributed by atoms with van der Waals surface area (Å²) in [5, 5.41) is 8.88. The highest BCUT2D eigenvalue weighted by molar-refractivity contribution is 5.88. The standard InChI is InChI=1S/C13H15FN6O2/c14-9-3-4-10(15-6-9)16-13(22)20-5-1-2-8(7-20)11-17-12(21)19-18-11/h3-4,6,8H,1-2,5,7H2,(H,15,16,22)(H2,17,18,19,21)/t8-/m1/s1. The van der Waals surface area contributed by atoms with Crippen molar-refractivity contribution in [2.75, 3.05) is 18.4 Å². The lowest BCUT2D eigenvalue weighted by atomic mass is 9.98. The fraction of sp³-hybridized carbons (Fsp3) is 0.385. The van der Waals surface area contributed by atoms with E-state index in [1.54, 1.807) is 4.90 Å². The van der Waals surface area contributed by atoms with E-state index in [2.05, 4.69) is 25.5 Å². The monoisotopic (exact) mass is 306 g/mol. The SMILES string of the molecule is O=C(Nc1ccc(F)cn1)N1CCC[C@@H](c2n[nH]c(=O)[nH]2)C1. The van der Waals surface area contributed by atoms with Crippen LogP contribution in [0, 0.1) is 5.82 Å². The Morgan fingerprint density at radius 1 is 1.45 bits per heavy atom. The van der Waals surface area contributed by atoms with Gasteiger partial charge in [-0.2, -0.15) is 5.10 Å². The van der Waals surface area contributed by atoms with Crippen molar-refractivity contribution < 1.29 is 9.18 Å². The van der Waals surface area contributed by atoms with Gasteiger partial charge in [-0.25, -0.2) is 24.1 Å². The fourth-order valence-electron chi connectivity index (χ4n) is 2.50. The molecule has 0 radical (unpaired) electrons. The van der Waals surface area contributed by atoms with Crippen molar-refractivity contribution in [1.82, 2.24) is 25.1 Å². The van der Waals surface area contributed by atoms with Gasteiger partial charge in [-0.15, -0.1) is 0 Å². The summed E-state index contributed by atoms with van der Waals surface area (Å²) in [5.74, 6) is 0.377. The first-order valence-corrected chi connectivity index (χ1v) is 6.94. The average molecular weight is 306 g/mol. The zero-order valence-corrected chi connectivity index (χ0v) is 11.7. The number of amides is 2. The minimum atomic E-state index is -0.460.